The van der Waals surface area contributed by atoms with E-state index in [9.17, 15) is 26.4 Å². The quantitative estimate of drug-likeness (QED) is 0.702. The standard InChI is InChI=1S/C17H15Cl2F3N2O3S/c1-28(26,27)24(9-11-2-4-12(18)5-3-11)10-16(25)23-15-7-6-13(19)8-14(15)17(20,21)22/h2-8H,9-10H2,1H3,(H,23,25). The van der Waals surface area contributed by atoms with Gasteiger partial charge in [0.15, 0.2) is 0 Å². The van der Waals surface area contributed by atoms with E-state index in [1.54, 1.807) is 24.3 Å². The average Bonchev–Trinajstić information content (AvgIpc) is 2.56. The van der Waals surface area contributed by atoms with Crippen LogP contribution in [0.2, 0.25) is 10.0 Å². The molecule has 0 saturated carbocycles. The highest BCUT2D eigenvalue weighted by Gasteiger charge is 2.34. The van der Waals surface area contributed by atoms with Crippen molar-refractivity contribution in [2.24, 2.45) is 0 Å². The van der Waals surface area contributed by atoms with Gasteiger partial charge in [-0.25, -0.2) is 8.42 Å². The van der Waals surface area contributed by atoms with Crippen LogP contribution in [0.5, 0.6) is 0 Å². The molecule has 0 heterocycles. The summed E-state index contributed by atoms with van der Waals surface area (Å²) in [5.74, 6) is -0.924. The smallest absolute Gasteiger partial charge is 0.324 e. The SMILES string of the molecule is CS(=O)(=O)N(CC(=O)Nc1ccc(Cl)cc1C(F)(F)F)Cc1ccc(Cl)cc1. The molecular formula is C17H15Cl2F3N2O3S. The summed E-state index contributed by atoms with van der Waals surface area (Å²) in [5, 5.41) is 2.40. The fraction of sp³-hybridized carbons (Fsp3) is 0.235. The van der Waals surface area contributed by atoms with Gasteiger partial charge in [0, 0.05) is 16.6 Å². The van der Waals surface area contributed by atoms with Gasteiger partial charge in [0.1, 0.15) is 0 Å². The fourth-order valence-corrected chi connectivity index (χ4v) is 3.33. The van der Waals surface area contributed by atoms with Gasteiger partial charge in [-0.2, -0.15) is 17.5 Å². The Hall–Kier alpha value is -1.81. The number of hydrogen-bond donors (Lipinski definition) is 1. The lowest BCUT2D eigenvalue weighted by Gasteiger charge is -2.20. The molecular weight excluding hydrogens is 440 g/mol. The molecule has 0 aromatic heterocycles. The molecule has 11 heteroatoms. The third-order valence-electron chi connectivity index (χ3n) is 3.62. The van der Waals surface area contributed by atoms with Crippen molar-refractivity contribution in [3.63, 3.8) is 0 Å². The second-order valence-corrected chi connectivity index (χ2v) is 8.75. The van der Waals surface area contributed by atoms with Crippen LogP contribution in [0.15, 0.2) is 42.5 Å². The zero-order chi connectivity index (χ0) is 21.1. The summed E-state index contributed by atoms with van der Waals surface area (Å²) in [4.78, 5) is 12.2. The maximum absolute atomic E-state index is 13.1. The van der Waals surface area contributed by atoms with Crippen LogP contribution in [0.3, 0.4) is 0 Å². The number of carbonyl (C=O) groups excluding carboxylic acids is 1. The number of anilines is 1. The van der Waals surface area contributed by atoms with Crippen molar-refractivity contribution >= 4 is 44.8 Å². The van der Waals surface area contributed by atoms with Crippen molar-refractivity contribution in [2.75, 3.05) is 18.1 Å². The van der Waals surface area contributed by atoms with Crippen LogP contribution in [-0.2, 0) is 27.5 Å². The Kier molecular flexibility index (Phi) is 6.97. The number of sulfonamides is 1. The summed E-state index contributed by atoms with van der Waals surface area (Å²) in [7, 11) is -3.81. The fourth-order valence-electron chi connectivity index (χ4n) is 2.29. The molecule has 2 aromatic carbocycles. The lowest BCUT2D eigenvalue weighted by Crippen LogP contribution is -2.37. The Morgan fingerprint density at radius 2 is 1.64 bits per heavy atom. The van der Waals surface area contributed by atoms with Crippen LogP contribution in [0.25, 0.3) is 0 Å². The van der Waals surface area contributed by atoms with Crippen LogP contribution >= 0.6 is 23.2 Å². The van der Waals surface area contributed by atoms with Crippen LogP contribution < -0.4 is 5.32 Å². The van der Waals surface area contributed by atoms with Crippen molar-refractivity contribution in [1.29, 1.82) is 0 Å². The number of alkyl halides is 3. The van der Waals surface area contributed by atoms with Crippen molar-refractivity contribution in [1.82, 2.24) is 4.31 Å². The molecule has 28 heavy (non-hydrogen) atoms. The van der Waals surface area contributed by atoms with Gasteiger partial charge in [-0.15, -0.1) is 0 Å². The van der Waals surface area contributed by atoms with Crippen LogP contribution in [0.1, 0.15) is 11.1 Å². The molecule has 0 fully saturated rings. The number of hydrogen-bond acceptors (Lipinski definition) is 3. The third kappa shape index (κ3) is 6.37. The Morgan fingerprint density at radius 1 is 1.07 bits per heavy atom. The van der Waals surface area contributed by atoms with Gasteiger partial charge < -0.3 is 5.32 Å². The van der Waals surface area contributed by atoms with E-state index in [4.69, 9.17) is 23.2 Å². The van der Waals surface area contributed by atoms with E-state index in [1.165, 1.54) is 6.07 Å². The van der Waals surface area contributed by atoms with Crippen molar-refractivity contribution in [3.8, 4) is 0 Å². The van der Waals surface area contributed by atoms with Gasteiger partial charge in [0.2, 0.25) is 15.9 Å². The van der Waals surface area contributed by atoms with E-state index in [1.807, 2.05) is 0 Å². The summed E-state index contributed by atoms with van der Waals surface area (Å²) in [6.07, 6.45) is -3.84. The number of rotatable bonds is 6. The number of benzene rings is 2. The van der Waals surface area contributed by atoms with E-state index < -0.39 is 39.9 Å². The first-order valence-electron chi connectivity index (χ1n) is 7.72. The van der Waals surface area contributed by atoms with Crippen molar-refractivity contribution in [3.05, 3.63) is 63.6 Å². The van der Waals surface area contributed by atoms with Crippen LogP contribution in [0.4, 0.5) is 18.9 Å². The largest absolute Gasteiger partial charge is 0.418 e. The van der Waals surface area contributed by atoms with Gasteiger partial charge >= 0.3 is 6.18 Å². The first kappa shape index (κ1) is 22.5. The van der Waals surface area contributed by atoms with Crippen molar-refractivity contribution in [2.45, 2.75) is 12.7 Å². The van der Waals surface area contributed by atoms with Crippen LogP contribution in [-0.4, -0.2) is 31.4 Å². The highest BCUT2D eigenvalue weighted by Crippen LogP contribution is 2.36. The first-order valence-corrected chi connectivity index (χ1v) is 10.3. The Balaban J connectivity index is 2.20. The third-order valence-corrected chi connectivity index (χ3v) is 5.31. The zero-order valence-electron chi connectivity index (χ0n) is 14.4. The monoisotopic (exact) mass is 454 g/mol. The summed E-state index contributed by atoms with van der Waals surface area (Å²) >= 11 is 11.4. The summed E-state index contributed by atoms with van der Waals surface area (Å²) in [5.41, 5.74) is -1.08. The molecule has 2 rings (SSSR count). The summed E-state index contributed by atoms with van der Waals surface area (Å²) in [6, 6.07) is 9.15. The van der Waals surface area contributed by atoms with E-state index in [0.29, 0.717) is 16.7 Å². The van der Waals surface area contributed by atoms with Gasteiger partial charge in [0.05, 0.1) is 24.1 Å². The predicted octanol–water partition coefficient (Wildman–Crippen LogP) is 4.41. The second-order valence-electron chi connectivity index (χ2n) is 5.89. The van der Waals surface area contributed by atoms with E-state index in [-0.39, 0.29) is 11.6 Å². The molecule has 5 nitrogen and oxygen atoms in total. The Labute approximate surface area is 170 Å². The highest BCUT2D eigenvalue weighted by molar-refractivity contribution is 7.88. The molecule has 0 atom stereocenters. The molecule has 1 N–H and O–H groups in total. The maximum atomic E-state index is 13.1. The van der Waals surface area contributed by atoms with Crippen molar-refractivity contribution < 1.29 is 26.4 Å². The molecule has 0 bridgehead atoms. The minimum absolute atomic E-state index is 0.143. The molecule has 0 spiro atoms. The number of halogens is 5. The zero-order valence-corrected chi connectivity index (χ0v) is 16.8. The van der Waals surface area contributed by atoms with E-state index in [0.717, 1.165) is 16.6 Å². The Bertz CT molecular complexity index is 965. The summed E-state index contributed by atoms with van der Waals surface area (Å²) in [6.45, 7) is -0.808. The lowest BCUT2D eigenvalue weighted by atomic mass is 10.1. The number of nitrogens with zero attached hydrogens (tertiary/aromatic N) is 1. The van der Waals surface area contributed by atoms with Gasteiger partial charge in [0.25, 0.3) is 0 Å². The van der Waals surface area contributed by atoms with Gasteiger partial charge in [-0.1, -0.05) is 35.3 Å². The first-order chi connectivity index (χ1) is 12.9. The number of amides is 1. The number of carbonyl (C=O) groups is 1. The topological polar surface area (TPSA) is 66.5 Å². The predicted molar refractivity (Wildman–Crippen MR) is 102 cm³/mol. The minimum atomic E-state index is -4.74. The molecule has 0 saturated heterocycles. The Morgan fingerprint density at radius 3 is 2.18 bits per heavy atom. The highest BCUT2D eigenvalue weighted by atomic mass is 35.5. The molecule has 0 aliphatic carbocycles. The van der Waals surface area contributed by atoms with E-state index >= 15 is 0 Å². The van der Waals surface area contributed by atoms with Gasteiger partial charge in [-0.05, 0) is 35.9 Å². The second kappa shape index (κ2) is 8.69. The number of nitrogens with one attached hydrogen (secondary N) is 1. The maximum Gasteiger partial charge on any atom is 0.418 e. The summed E-state index contributed by atoms with van der Waals surface area (Å²) < 4.78 is 64.2. The normalized spacial score (nSPS) is 12.2. The van der Waals surface area contributed by atoms with Crippen LogP contribution in [0, 0.1) is 0 Å². The minimum Gasteiger partial charge on any atom is -0.324 e. The lowest BCUT2D eigenvalue weighted by molar-refractivity contribution is -0.137. The molecule has 0 aliphatic rings. The molecule has 1 amide bonds. The average molecular weight is 455 g/mol. The molecule has 152 valence electrons. The van der Waals surface area contributed by atoms with Gasteiger partial charge in [-0.3, -0.25) is 4.79 Å². The van der Waals surface area contributed by atoms with E-state index in [2.05, 4.69) is 5.32 Å². The molecule has 2 aromatic rings. The molecule has 0 aliphatic heterocycles. The molecule has 0 unspecified atom stereocenters. The molecule has 0 radical (unpaired) electrons.